The van der Waals surface area contributed by atoms with Gasteiger partial charge in [-0.25, -0.2) is 0 Å². The number of benzene rings is 1. The Hall–Kier alpha value is -1.55. The highest BCUT2D eigenvalue weighted by Gasteiger charge is 2.24. The lowest BCUT2D eigenvalue weighted by Crippen LogP contribution is -2.30. The normalized spacial score (nSPS) is 19.0. The van der Waals surface area contributed by atoms with Crippen LogP contribution >= 0.6 is 0 Å². The van der Waals surface area contributed by atoms with Crippen LogP contribution in [0.2, 0.25) is 0 Å². The fourth-order valence-electron chi connectivity index (χ4n) is 2.12. The van der Waals surface area contributed by atoms with E-state index in [0.29, 0.717) is 32.5 Å². The molecule has 1 fully saturated rings. The minimum Gasteiger partial charge on any atom is -0.494 e. The van der Waals surface area contributed by atoms with Crippen LogP contribution in [0.5, 0.6) is 5.75 Å². The third-order valence-corrected chi connectivity index (χ3v) is 3.11. The van der Waals surface area contributed by atoms with Gasteiger partial charge in [-0.2, -0.15) is 0 Å². The summed E-state index contributed by atoms with van der Waals surface area (Å²) >= 11 is 0. The van der Waals surface area contributed by atoms with Crippen LogP contribution < -0.4 is 4.74 Å². The van der Waals surface area contributed by atoms with Gasteiger partial charge in [0.15, 0.2) is 0 Å². The molecule has 18 heavy (non-hydrogen) atoms. The molecule has 0 spiro atoms. The number of aliphatic hydroxyl groups is 1. The smallest absolute Gasteiger partial charge is 0.227 e. The standard InChI is InChI=1S/C14H19NO3/c1-2-18-13-5-3-11(4-6-13)9-14(17)15-8-7-12(16)10-15/h3-6,12,16H,2,7-10H2,1H3/t12-/m1/s1. The molecule has 1 saturated heterocycles. The first kappa shape index (κ1) is 12.9. The van der Waals surface area contributed by atoms with Gasteiger partial charge in [-0.05, 0) is 31.0 Å². The van der Waals surface area contributed by atoms with E-state index in [0.717, 1.165) is 11.3 Å². The number of carbonyl (C=O) groups is 1. The molecule has 1 aliphatic heterocycles. The lowest BCUT2D eigenvalue weighted by molar-refractivity contribution is -0.129. The van der Waals surface area contributed by atoms with Crippen molar-refractivity contribution in [2.45, 2.75) is 25.9 Å². The zero-order chi connectivity index (χ0) is 13.0. The van der Waals surface area contributed by atoms with Crippen LogP contribution in [0.25, 0.3) is 0 Å². The molecule has 0 saturated carbocycles. The Balaban J connectivity index is 1.90. The van der Waals surface area contributed by atoms with Gasteiger partial charge in [0.1, 0.15) is 5.75 Å². The van der Waals surface area contributed by atoms with Gasteiger partial charge in [0.2, 0.25) is 5.91 Å². The SMILES string of the molecule is CCOc1ccc(CC(=O)N2CC[C@@H](O)C2)cc1. The number of nitrogens with zero attached hydrogens (tertiary/aromatic N) is 1. The van der Waals surface area contributed by atoms with E-state index in [9.17, 15) is 9.90 Å². The zero-order valence-electron chi connectivity index (χ0n) is 10.6. The zero-order valence-corrected chi connectivity index (χ0v) is 10.6. The summed E-state index contributed by atoms with van der Waals surface area (Å²) in [7, 11) is 0. The Morgan fingerprint density at radius 1 is 1.44 bits per heavy atom. The lowest BCUT2D eigenvalue weighted by Gasteiger charge is -2.15. The minimum atomic E-state index is -0.353. The first-order valence-corrected chi connectivity index (χ1v) is 6.36. The Morgan fingerprint density at radius 3 is 2.72 bits per heavy atom. The lowest BCUT2D eigenvalue weighted by atomic mass is 10.1. The molecule has 1 aromatic carbocycles. The first-order valence-electron chi connectivity index (χ1n) is 6.36. The minimum absolute atomic E-state index is 0.0794. The summed E-state index contributed by atoms with van der Waals surface area (Å²) in [5.41, 5.74) is 0.977. The molecule has 0 radical (unpaired) electrons. The molecule has 98 valence electrons. The maximum Gasteiger partial charge on any atom is 0.227 e. The predicted molar refractivity (Wildman–Crippen MR) is 68.5 cm³/mol. The average molecular weight is 249 g/mol. The molecule has 1 heterocycles. The maximum absolute atomic E-state index is 12.0. The van der Waals surface area contributed by atoms with Crippen LogP contribution in [0.15, 0.2) is 24.3 Å². The quantitative estimate of drug-likeness (QED) is 0.873. The summed E-state index contributed by atoms with van der Waals surface area (Å²) in [6.45, 7) is 3.72. The van der Waals surface area contributed by atoms with Gasteiger partial charge >= 0.3 is 0 Å². The van der Waals surface area contributed by atoms with Crippen molar-refractivity contribution in [2.24, 2.45) is 0 Å². The molecule has 4 nitrogen and oxygen atoms in total. The van der Waals surface area contributed by atoms with Crippen LogP contribution in [-0.4, -0.2) is 41.7 Å². The number of hydrogen-bond acceptors (Lipinski definition) is 3. The molecule has 1 atom stereocenters. The maximum atomic E-state index is 12.0. The van der Waals surface area contributed by atoms with E-state index in [1.54, 1.807) is 4.90 Å². The second-order valence-corrected chi connectivity index (χ2v) is 4.54. The van der Waals surface area contributed by atoms with Crippen molar-refractivity contribution in [3.8, 4) is 5.75 Å². The second kappa shape index (κ2) is 5.87. The van der Waals surface area contributed by atoms with Gasteiger partial charge < -0.3 is 14.7 Å². The van der Waals surface area contributed by atoms with E-state index in [4.69, 9.17) is 4.74 Å². The van der Waals surface area contributed by atoms with Crippen molar-refractivity contribution in [1.82, 2.24) is 4.90 Å². The number of hydrogen-bond donors (Lipinski definition) is 1. The van der Waals surface area contributed by atoms with Gasteiger partial charge in [0.05, 0.1) is 19.1 Å². The number of ether oxygens (including phenoxy) is 1. The average Bonchev–Trinajstić information content (AvgIpc) is 2.79. The Labute approximate surface area is 107 Å². The van der Waals surface area contributed by atoms with Crippen molar-refractivity contribution in [2.75, 3.05) is 19.7 Å². The number of carbonyl (C=O) groups excluding carboxylic acids is 1. The summed E-state index contributed by atoms with van der Waals surface area (Å²) < 4.78 is 5.35. The molecule has 1 aliphatic rings. The molecule has 1 aromatic rings. The Bertz CT molecular complexity index is 402. The van der Waals surface area contributed by atoms with Crippen molar-refractivity contribution >= 4 is 5.91 Å². The van der Waals surface area contributed by atoms with Gasteiger partial charge in [-0.3, -0.25) is 4.79 Å². The molecule has 2 rings (SSSR count). The van der Waals surface area contributed by atoms with Crippen molar-refractivity contribution in [3.63, 3.8) is 0 Å². The molecule has 1 amide bonds. The number of amides is 1. The fraction of sp³-hybridized carbons (Fsp3) is 0.500. The monoisotopic (exact) mass is 249 g/mol. The summed E-state index contributed by atoms with van der Waals surface area (Å²) in [6.07, 6.45) is 0.725. The van der Waals surface area contributed by atoms with E-state index in [2.05, 4.69) is 0 Å². The van der Waals surface area contributed by atoms with Crippen LogP contribution in [0.4, 0.5) is 0 Å². The number of likely N-dealkylation sites (tertiary alicyclic amines) is 1. The molecule has 0 aliphatic carbocycles. The van der Waals surface area contributed by atoms with E-state index in [1.807, 2.05) is 31.2 Å². The third-order valence-electron chi connectivity index (χ3n) is 3.11. The molecule has 1 N–H and O–H groups in total. The molecule has 0 aromatic heterocycles. The van der Waals surface area contributed by atoms with Crippen LogP contribution in [0.1, 0.15) is 18.9 Å². The molecule has 0 unspecified atom stereocenters. The number of aliphatic hydroxyl groups excluding tert-OH is 1. The Morgan fingerprint density at radius 2 is 2.17 bits per heavy atom. The second-order valence-electron chi connectivity index (χ2n) is 4.54. The summed E-state index contributed by atoms with van der Waals surface area (Å²) in [6, 6.07) is 7.58. The van der Waals surface area contributed by atoms with Gasteiger partial charge in [-0.1, -0.05) is 12.1 Å². The van der Waals surface area contributed by atoms with E-state index < -0.39 is 0 Å². The van der Waals surface area contributed by atoms with E-state index in [-0.39, 0.29) is 12.0 Å². The van der Waals surface area contributed by atoms with E-state index in [1.165, 1.54) is 0 Å². The van der Waals surface area contributed by atoms with Gasteiger partial charge in [0, 0.05) is 13.1 Å². The molecule has 4 heteroatoms. The van der Waals surface area contributed by atoms with Crippen LogP contribution in [-0.2, 0) is 11.2 Å². The summed E-state index contributed by atoms with van der Waals surface area (Å²) in [5.74, 6) is 0.904. The number of rotatable bonds is 4. The molecular weight excluding hydrogens is 230 g/mol. The molecular formula is C14H19NO3. The largest absolute Gasteiger partial charge is 0.494 e. The van der Waals surface area contributed by atoms with Crippen molar-refractivity contribution in [3.05, 3.63) is 29.8 Å². The summed E-state index contributed by atoms with van der Waals surface area (Å²) in [5, 5.41) is 9.40. The number of β-amino-alcohol motifs (C(OH)–C–C–N with tert-alkyl or cyclic N) is 1. The molecule has 0 bridgehead atoms. The van der Waals surface area contributed by atoms with Crippen LogP contribution in [0, 0.1) is 0 Å². The third kappa shape index (κ3) is 3.23. The van der Waals surface area contributed by atoms with Crippen molar-refractivity contribution < 1.29 is 14.6 Å². The van der Waals surface area contributed by atoms with Crippen molar-refractivity contribution in [1.29, 1.82) is 0 Å². The van der Waals surface area contributed by atoms with E-state index >= 15 is 0 Å². The highest BCUT2D eigenvalue weighted by molar-refractivity contribution is 5.79. The predicted octanol–water partition coefficient (Wildman–Crippen LogP) is 1.22. The van der Waals surface area contributed by atoms with Gasteiger partial charge in [0.25, 0.3) is 0 Å². The van der Waals surface area contributed by atoms with Gasteiger partial charge in [-0.15, -0.1) is 0 Å². The van der Waals surface area contributed by atoms with Crippen LogP contribution in [0.3, 0.4) is 0 Å². The summed E-state index contributed by atoms with van der Waals surface area (Å²) in [4.78, 5) is 13.7. The fourth-order valence-corrected chi connectivity index (χ4v) is 2.12. The Kier molecular flexibility index (Phi) is 4.20. The topological polar surface area (TPSA) is 49.8 Å². The highest BCUT2D eigenvalue weighted by atomic mass is 16.5. The highest BCUT2D eigenvalue weighted by Crippen LogP contribution is 2.15. The first-order chi connectivity index (χ1) is 8.69.